The number of nitro groups is 1. The van der Waals surface area contributed by atoms with Crippen LogP contribution in [0.2, 0.25) is 0 Å². The van der Waals surface area contributed by atoms with E-state index in [1.165, 1.54) is 25.3 Å². The van der Waals surface area contributed by atoms with Crippen LogP contribution in [0.25, 0.3) is 0 Å². The predicted octanol–water partition coefficient (Wildman–Crippen LogP) is 2.86. The van der Waals surface area contributed by atoms with Crippen LogP contribution in [-0.2, 0) is 11.3 Å². The molecule has 2 rings (SSSR count). The third-order valence-electron chi connectivity index (χ3n) is 4.82. The summed E-state index contributed by atoms with van der Waals surface area (Å²) >= 11 is 0. The summed E-state index contributed by atoms with van der Waals surface area (Å²) in [7, 11) is 1.73. The molecular weight excluding hydrogens is 320 g/mol. The first-order valence-corrected chi connectivity index (χ1v) is 8.83. The zero-order valence-electron chi connectivity index (χ0n) is 15.1. The molecule has 0 saturated heterocycles. The monoisotopic (exact) mass is 348 g/mol. The summed E-state index contributed by atoms with van der Waals surface area (Å²) < 4.78 is 5.23. The lowest BCUT2D eigenvalue weighted by atomic mass is 9.67. The van der Waals surface area contributed by atoms with E-state index in [4.69, 9.17) is 4.74 Å². The van der Waals surface area contributed by atoms with Crippen molar-refractivity contribution in [2.24, 2.45) is 10.4 Å². The normalized spacial score (nSPS) is 16.2. The van der Waals surface area contributed by atoms with Crippen LogP contribution in [-0.4, -0.2) is 37.7 Å². The Hall–Kier alpha value is -2.15. The highest BCUT2D eigenvalue weighted by Gasteiger charge is 2.36. The Labute approximate surface area is 149 Å². The molecule has 7 nitrogen and oxygen atoms in total. The maximum atomic E-state index is 11.1. The zero-order valence-corrected chi connectivity index (χ0v) is 15.1. The maximum absolute atomic E-state index is 11.1. The van der Waals surface area contributed by atoms with Crippen LogP contribution in [0.5, 0.6) is 0 Å². The summed E-state index contributed by atoms with van der Waals surface area (Å²) in [4.78, 5) is 15.3. The molecule has 0 heterocycles. The smallest absolute Gasteiger partial charge is 0.274 e. The standard InChI is InChI=1S/C18H28N4O3/c1-3-19-17(21-14-18(9-6-10-18)11-12-25-2)20-13-15-7-4-5-8-16(15)22(23)24/h4-5,7-8H,3,6,9-14H2,1-2H3,(H2,19,20,21). The maximum Gasteiger partial charge on any atom is 0.274 e. The molecule has 7 heteroatoms. The van der Waals surface area contributed by atoms with Gasteiger partial charge in [-0.1, -0.05) is 24.6 Å². The largest absolute Gasteiger partial charge is 0.385 e. The molecule has 138 valence electrons. The van der Waals surface area contributed by atoms with Crippen molar-refractivity contribution in [3.63, 3.8) is 0 Å². The first kappa shape index (κ1) is 19.2. The molecule has 0 bridgehead atoms. The Kier molecular flexibility index (Phi) is 7.18. The van der Waals surface area contributed by atoms with Gasteiger partial charge in [-0.05, 0) is 31.6 Å². The van der Waals surface area contributed by atoms with E-state index in [1.54, 1.807) is 25.3 Å². The van der Waals surface area contributed by atoms with E-state index in [0.717, 1.165) is 26.1 Å². The Morgan fingerprint density at radius 2 is 2.12 bits per heavy atom. The van der Waals surface area contributed by atoms with E-state index in [1.807, 2.05) is 6.92 Å². The van der Waals surface area contributed by atoms with Gasteiger partial charge < -0.3 is 15.4 Å². The number of para-hydroxylation sites is 1. The average Bonchev–Trinajstić information content (AvgIpc) is 2.58. The van der Waals surface area contributed by atoms with Crippen molar-refractivity contribution in [2.75, 3.05) is 26.8 Å². The third kappa shape index (κ3) is 5.42. The number of benzene rings is 1. The molecule has 2 N–H and O–H groups in total. The van der Waals surface area contributed by atoms with Crippen molar-refractivity contribution in [3.8, 4) is 0 Å². The molecule has 1 fully saturated rings. The zero-order chi connectivity index (χ0) is 18.1. The van der Waals surface area contributed by atoms with E-state index in [-0.39, 0.29) is 22.6 Å². The summed E-state index contributed by atoms with van der Waals surface area (Å²) in [6.45, 7) is 4.64. The lowest BCUT2D eigenvalue weighted by Gasteiger charge is -2.42. The fraction of sp³-hybridized carbons (Fsp3) is 0.611. The molecule has 0 aromatic heterocycles. The second-order valence-corrected chi connectivity index (χ2v) is 6.53. The number of nitro benzene ring substituents is 1. The number of guanidine groups is 1. The van der Waals surface area contributed by atoms with Crippen LogP contribution in [0.4, 0.5) is 5.69 Å². The summed E-state index contributed by atoms with van der Waals surface area (Å²) in [6.07, 6.45) is 4.70. The van der Waals surface area contributed by atoms with Crippen LogP contribution in [0, 0.1) is 15.5 Å². The predicted molar refractivity (Wildman–Crippen MR) is 98.7 cm³/mol. The van der Waals surface area contributed by atoms with Gasteiger partial charge in [0.1, 0.15) is 0 Å². The second-order valence-electron chi connectivity index (χ2n) is 6.53. The van der Waals surface area contributed by atoms with Crippen molar-refractivity contribution in [1.82, 2.24) is 10.6 Å². The fourth-order valence-electron chi connectivity index (χ4n) is 3.11. The summed E-state index contributed by atoms with van der Waals surface area (Å²) in [5.74, 6) is 0.698. The van der Waals surface area contributed by atoms with Crippen LogP contribution in [0.3, 0.4) is 0 Å². The highest BCUT2D eigenvalue weighted by atomic mass is 16.6. The number of nitrogens with one attached hydrogen (secondary N) is 2. The Morgan fingerprint density at radius 3 is 2.72 bits per heavy atom. The Balaban J connectivity index is 2.00. The minimum absolute atomic E-state index is 0.109. The van der Waals surface area contributed by atoms with Crippen LogP contribution < -0.4 is 10.6 Å². The van der Waals surface area contributed by atoms with Gasteiger partial charge in [0.15, 0.2) is 5.96 Å². The van der Waals surface area contributed by atoms with Gasteiger partial charge in [-0.15, -0.1) is 0 Å². The first-order valence-electron chi connectivity index (χ1n) is 8.83. The molecule has 1 aromatic rings. The molecule has 0 spiro atoms. The minimum atomic E-state index is -0.362. The number of methoxy groups -OCH3 is 1. The number of ether oxygens (including phenoxy) is 1. The van der Waals surface area contributed by atoms with Gasteiger partial charge in [0, 0.05) is 32.9 Å². The van der Waals surface area contributed by atoms with Crippen LogP contribution >= 0.6 is 0 Å². The summed E-state index contributed by atoms with van der Waals surface area (Å²) in [5.41, 5.74) is 1.00. The van der Waals surface area contributed by atoms with Gasteiger partial charge in [-0.25, -0.2) is 4.99 Å². The van der Waals surface area contributed by atoms with Crippen molar-refractivity contribution in [3.05, 3.63) is 39.9 Å². The SMILES string of the molecule is CCNC(=NCc1ccccc1[N+](=O)[O-])NCC1(CCOC)CCC1. The lowest BCUT2D eigenvalue weighted by Crippen LogP contribution is -2.46. The van der Waals surface area contributed by atoms with Gasteiger partial charge in [0.25, 0.3) is 5.69 Å². The summed E-state index contributed by atoms with van der Waals surface area (Å²) in [6, 6.07) is 6.73. The molecule has 1 aliphatic carbocycles. The van der Waals surface area contributed by atoms with Crippen molar-refractivity contribution < 1.29 is 9.66 Å². The number of aliphatic imine (C=N–C) groups is 1. The fourth-order valence-corrected chi connectivity index (χ4v) is 3.11. The summed E-state index contributed by atoms with van der Waals surface area (Å²) in [5, 5.41) is 17.7. The number of hydrogen-bond acceptors (Lipinski definition) is 4. The molecule has 0 atom stereocenters. The van der Waals surface area contributed by atoms with E-state index in [2.05, 4.69) is 15.6 Å². The topological polar surface area (TPSA) is 88.8 Å². The molecule has 0 amide bonds. The molecule has 1 aromatic carbocycles. The van der Waals surface area contributed by atoms with Gasteiger partial charge in [-0.3, -0.25) is 10.1 Å². The number of hydrogen-bond donors (Lipinski definition) is 2. The highest BCUT2D eigenvalue weighted by molar-refractivity contribution is 5.79. The highest BCUT2D eigenvalue weighted by Crippen LogP contribution is 2.43. The molecule has 1 saturated carbocycles. The van der Waals surface area contributed by atoms with E-state index < -0.39 is 0 Å². The Bertz CT molecular complexity index is 600. The van der Waals surface area contributed by atoms with Crippen molar-refractivity contribution in [2.45, 2.75) is 39.2 Å². The van der Waals surface area contributed by atoms with E-state index in [0.29, 0.717) is 11.5 Å². The molecular formula is C18H28N4O3. The van der Waals surface area contributed by atoms with Gasteiger partial charge in [0.2, 0.25) is 0 Å². The molecule has 1 aliphatic rings. The number of rotatable bonds is 9. The quantitative estimate of drug-likeness (QED) is 0.310. The van der Waals surface area contributed by atoms with Crippen molar-refractivity contribution >= 4 is 11.6 Å². The minimum Gasteiger partial charge on any atom is -0.385 e. The van der Waals surface area contributed by atoms with Crippen LogP contribution in [0.1, 0.15) is 38.2 Å². The van der Waals surface area contributed by atoms with E-state index >= 15 is 0 Å². The van der Waals surface area contributed by atoms with Crippen LogP contribution in [0.15, 0.2) is 29.3 Å². The number of nitrogens with zero attached hydrogens (tertiary/aromatic N) is 2. The molecule has 0 radical (unpaired) electrons. The first-order chi connectivity index (χ1) is 12.1. The van der Waals surface area contributed by atoms with Gasteiger partial charge in [-0.2, -0.15) is 0 Å². The molecule has 0 aliphatic heterocycles. The van der Waals surface area contributed by atoms with Gasteiger partial charge in [0.05, 0.1) is 17.0 Å². The molecule has 0 unspecified atom stereocenters. The molecule has 25 heavy (non-hydrogen) atoms. The third-order valence-corrected chi connectivity index (χ3v) is 4.82. The van der Waals surface area contributed by atoms with Gasteiger partial charge >= 0.3 is 0 Å². The van der Waals surface area contributed by atoms with Crippen molar-refractivity contribution in [1.29, 1.82) is 0 Å². The Morgan fingerprint density at radius 1 is 1.36 bits per heavy atom. The lowest BCUT2D eigenvalue weighted by molar-refractivity contribution is -0.385. The average molecular weight is 348 g/mol. The second kappa shape index (κ2) is 9.36. The van der Waals surface area contributed by atoms with E-state index in [9.17, 15) is 10.1 Å².